The second-order valence-electron chi connectivity index (χ2n) is 8.29. The normalized spacial score (nSPS) is 16.1. The molecule has 2 heterocycles. The summed E-state index contributed by atoms with van der Waals surface area (Å²) >= 11 is 0. The fraction of sp³-hybridized carbons (Fsp3) is 0.308. The molecule has 0 radical (unpaired) electrons. The molecule has 0 aliphatic carbocycles. The fourth-order valence-corrected chi connectivity index (χ4v) is 4.16. The Labute approximate surface area is 189 Å². The first-order valence-electron chi connectivity index (χ1n) is 11.0. The Morgan fingerprint density at radius 1 is 1.16 bits per heavy atom. The number of amides is 1. The second-order valence-corrected chi connectivity index (χ2v) is 8.29. The molecule has 0 saturated carbocycles. The van der Waals surface area contributed by atoms with E-state index in [1.54, 1.807) is 0 Å². The topological polar surface area (TPSA) is 80.5 Å². The number of anilines is 2. The second kappa shape index (κ2) is 9.83. The maximum Gasteiger partial charge on any atom is 0.207 e. The van der Waals surface area contributed by atoms with Gasteiger partial charge in [0.25, 0.3) is 0 Å². The molecule has 2 aromatic carbocycles. The van der Waals surface area contributed by atoms with Crippen LogP contribution in [0.4, 0.5) is 11.5 Å². The maximum absolute atomic E-state index is 10.6. The molecule has 1 aliphatic heterocycles. The number of aryl methyl sites for hydroxylation is 1. The molecular weight excluding hydrogens is 400 g/mol. The Hall–Kier alpha value is -3.38. The average Bonchev–Trinajstić information content (AvgIpc) is 2.81. The summed E-state index contributed by atoms with van der Waals surface area (Å²) in [5.74, 6) is 0.508. The number of pyridine rings is 1. The van der Waals surface area contributed by atoms with Gasteiger partial charge in [0.2, 0.25) is 6.41 Å². The molecule has 0 unspecified atom stereocenters. The Morgan fingerprint density at radius 2 is 1.94 bits per heavy atom. The third-order valence-corrected chi connectivity index (χ3v) is 6.01. The maximum atomic E-state index is 10.6. The van der Waals surface area contributed by atoms with Crippen LogP contribution in [-0.4, -0.2) is 43.7 Å². The first kappa shape index (κ1) is 21.8. The van der Waals surface area contributed by atoms with Gasteiger partial charge in [-0.15, -0.1) is 0 Å². The number of aromatic nitrogens is 1. The third-order valence-electron chi connectivity index (χ3n) is 6.01. The highest BCUT2D eigenvalue weighted by atomic mass is 16.5. The van der Waals surface area contributed by atoms with Crippen molar-refractivity contribution in [2.24, 2.45) is 0 Å². The van der Waals surface area contributed by atoms with E-state index in [4.69, 9.17) is 10.5 Å². The van der Waals surface area contributed by atoms with Crippen molar-refractivity contribution in [2.45, 2.75) is 26.4 Å². The number of ether oxygens (including phenoxy) is 1. The van der Waals surface area contributed by atoms with Crippen LogP contribution in [0, 0.1) is 6.92 Å². The molecule has 3 aromatic rings. The number of carbonyl (C=O) groups excluding carboxylic acids is 1. The average molecular weight is 431 g/mol. The zero-order valence-electron chi connectivity index (χ0n) is 18.7. The number of nitrogen functional groups attached to an aromatic ring is 1. The first-order chi connectivity index (χ1) is 15.5. The predicted molar refractivity (Wildman–Crippen MR) is 130 cm³/mol. The van der Waals surface area contributed by atoms with Crippen molar-refractivity contribution in [1.82, 2.24) is 10.3 Å². The van der Waals surface area contributed by atoms with Crippen molar-refractivity contribution in [3.05, 3.63) is 65.9 Å². The molecule has 1 fully saturated rings. The molecule has 1 amide bonds. The standard InChI is InChI=1S/C26H30N4O2/c1-18-3-4-22(13-21(18)9-10-28-17-31)25-14-23(15-29-26(25)27)20-5-7-24(8-6-20)30-11-12-32-19(2)16-30/h3-8,13-15,17,19H,9-12,16H2,1-2H3,(H2,27,29)(H,28,31)/t19-/m1/s1. The van der Waals surface area contributed by atoms with Gasteiger partial charge >= 0.3 is 0 Å². The van der Waals surface area contributed by atoms with E-state index in [1.807, 2.05) is 6.20 Å². The number of carbonyl (C=O) groups is 1. The van der Waals surface area contributed by atoms with Crippen LogP contribution in [0.2, 0.25) is 0 Å². The SMILES string of the molecule is Cc1ccc(-c2cc(-c3ccc(N4CCO[C@H](C)C4)cc3)cnc2N)cc1CCNC=O. The van der Waals surface area contributed by atoms with Gasteiger partial charge in [0.15, 0.2) is 0 Å². The Balaban J connectivity index is 1.59. The number of nitrogens with zero attached hydrogens (tertiary/aromatic N) is 2. The lowest BCUT2D eigenvalue weighted by molar-refractivity contribution is -0.109. The van der Waals surface area contributed by atoms with Gasteiger partial charge in [-0.05, 0) is 60.7 Å². The van der Waals surface area contributed by atoms with E-state index in [1.165, 1.54) is 16.8 Å². The van der Waals surface area contributed by atoms with Gasteiger partial charge in [-0.1, -0.05) is 30.3 Å². The van der Waals surface area contributed by atoms with Crippen molar-refractivity contribution >= 4 is 17.9 Å². The van der Waals surface area contributed by atoms with Crippen molar-refractivity contribution in [3.63, 3.8) is 0 Å². The zero-order chi connectivity index (χ0) is 22.5. The monoisotopic (exact) mass is 430 g/mol. The molecule has 6 heteroatoms. The van der Waals surface area contributed by atoms with E-state index in [0.29, 0.717) is 12.4 Å². The third kappa shape index (κ3) is 4.92. The molecule has 3 N–H and O–H groups in total. The minimum absolute atomic E-state index is 0.251. The van der Waals surface area contributed by atoms with Crippen LogP contribution in [0.15, 0.2) is 54.7 Å². The number of nitrogens with two attached hydrogens (primary N) is 1. The predicted octanol–water partition coefficient (Wildman–Crippen LogP) is 3.82. The van der Waals surface area contributed by atoms with Crippen molar-refractivity contribution in [1.29, 1.82) is 0 Å². The van der Waals surface area contributed by atoms with Crippen LogP contribution < -0.4 is 16.0 Å². The summed E-state index contributed by atoms with van der Waals surface area (Å²) < 4.78 is 5.65. The van der Waals surface area contributed by atoms with E-state index in [0.717, 1.165) is 54.8 Å². The number of morpholine rings is 1. The number of benzene rings is 2. The van der Waals surface area contributed by atoms with Crippen LogP contribution >= 0.6 is 0 Å². The van der Waals surface area contributed by atoms with Crippen LogP contribution in [0.3, 0.4) is 0 Å². The van der Waals surface area contributed by atoms with E-state index >= 15 is 0 Å². The summed E-state index contributed by atoms with van der Waals surface area (Å²) in [6, 6.07) is 17.0. The lowest BCUT2D eigenvalue weighted by Crippen LogP contribution is -2.41. The smallest absolute Gasteiger partial charge is 0.207 e. The van der Waals surface area contributed by atoms with Crippen LogP contribution in [0.5, 0.6) is 0 Å². The van der Waals surface area contributed by atoms with Gasteiger partial charge < -0.3 is 20.7 Å². The summed E-state index contributed by atoms with van der Waals surface area (Å²) in [6.07, 6.45) is 3.58. The van der Waals surface area contributed by atoms with Gasteiger partial charge in [0.05, 0.1) is 12.7 Å². The van der Waals surface area contributed by atoms with Crippen LogP contribution in [-0.2, 0) is 16.0 Å². The van der Waals surface area contributed by atoms with Crippen LogP contribution in [0.25, 0.3) is 22.3 Å². The molecule has 1 saturated heterocycles. The fourth-order valence-electron chi connectivity index (χ4n) is 4.16. The van der Waals surface area contributed by atoms with E-state index in [2.05, 4.69) is 77.6 Å². The molecule has 0 spiro atoms. The molecule has 1 atom stereocenters. The molecule has 0 bridgehead atoms. The summed E-state index contributed by atoms with van der Waals surface area (Å²) in [4.78, 5) is 17.4. The molecule has 32 heavy (non-hydrogen) atoms. The zero-order valence-corrected chi connectivity index (χ0v) is 18.7. The van der Waals surface area contributed by atoms with Gasteiger partial charge in [-0.25, -0.2) is 4.98 Å². The molecule has 166 valence electrons. The molecular formula is C26H30N4O2. The Morgan fingerprint density at radius 3 is 2.69 bits per heavy atom. The van der Waals surface area contributed by atoms with Gasteiger partial charge in [-0.2, -0.15) is 0 Å². The minimum atomic E-state index is 0.251. The van der Waals surface area contributed by atoms with E-state index < -0.39 is 0 Å². The number of hydrogen-bond donors (Lipinski definition) is 2. The summed E-state index contributed by atoms with van der Waals surface area (Å²) in [7, 11) is 0. The molecule has 6 nitrogen and oxygen atoms in total. The summed E-state index contributed by atoms with van der Waals surface area (Å²) in [6.45, 7) is 7.38. The lowest BCUT2D eigenvalue weighted by Gasteiger charge is -2.33. The Bertz CT molecular complexity index is 1080. The number of rotatable bonds is 7. The van der Waals surface area contributed by atoms with E-state index in [-0.39, 0.29) is 6.10 Å². The first-order valence-corrected chi connectivity index (χ1v) is 11.0. The number of nitrogens with one attached hydrogen (secondary N) is 1. The van der Waals surface area contributed by atoms with Crippen LogP contribution in [0.1, 0.15) is 18.1 Å². The number of hydrogen-bond acceptors (Lipinski definition) is 5. The molecule has 1 aromatic heterocycles. The Kier molecular flexibility index (Phi) is 6.71. The highest BCUT2D eigenvalue weighted by Crippen LogP contribution is 2.32. The van der Waals surface area contributed by atoms with Crippen molar-refractivity contribution in [2.75, 3.05) is 36.9 Å². The lowest BCUT2D eigenvalue weighted by atomic mass is 9.96. The molecule has 4 rings (SSSR count). The van der Waals surface area contributed by atoms with E-state index in [9.17, 15) is 4.79 Å². The summed E-state index contributed by atoms with van der Waals surface area (Å²) in [5.41, 5.74) is 13.9. The molecule has 1 aliphatic rings. The van der Waals surface area contributed by atoms with Gasteiger partial charge in [-0.3, -0.25) is 4.79 Å². The quantitative estimate of drug-likeness (QED) is 0.440. The van der Waals surface area contributed by atoms with Gasteiger partial charge in [0.1, 0.15) is 5.82 Å². The largest absolute Gasteiger partial charge is 0.383 e. The highest BCUT2D eigenvalue weighted by Gasteiger charge is 2.17. The van der Waals surface area contributed by atoms with Crippen molar-refractivity contribution < 1.29 is 9.53 Å². The summed E-state index contributed by atoms with van der Waals surface area (Å²) in [5, 5.41) is 2.73. The van der Waals surface area contributed by atoms with Crippen molar-refractivity contribution in [3.8, 4) is 22.3 Å². The minimum Gasteiger partial charge on any atom is -0.383 e. The van der Waals surface area contributed by atoms with Gasteiger partial charge in [0, 0.05) is 42.6 Å². The highest BCUT2D eigenvalue weighted by molar-refractivity contribution is 5.80.